The summed E-state index contributed by atoms with van der Waals surface area (Å²) in [5.41, 5.74) is 0. The van der Waals surface area contributed by atoms with Gasteiger partial charge in [0.05, 0.1) is 0 Å². The first kappa shape index (κ1) is 8.82. The van der Waals surface area contributed by atoms with Crippen LogP contribution in [-0.4, -0.2) is 23.1 Å². The van der Waals surface area contributed by atoms with Crippen molar-refractivity contribution in [3.05, 3.63) is 5.21 Å². The van der Waals surface area contributed by atoms with Gasteiger partial charge in [-0.05, 0) is 6.26 Å². The largest absolute Gasteiger partial charge is 0.623 e. The Kier molecular flexibility index (Phi) is 3.70. The second kappa shape index (κ2) is 3.77. The van der Waals surface area contributed by atoms with Gasteiger partial charge in [-0.3, -0.25) is 0 Å². The molecule has 0 aliphatic heterocycles. The Balaban J connectivity index is 4.16. The van der Waals surface area contributed by atoms with Crippen LogP contribution in [-0.2, 0) is 0 Å². The second-order valence-corrected chi connectivity index (χ2v) is 3.02. The van der Waals surface area contributed by atoms with Gasteiger partial charge in [0.25, 0.3) is 0 Å². The van der Waals surface area contributed by atoms with Crippen molar-refractivity contribution in [1.82, 2.24) is 0 Å². The zero-order chi connectivity index (χ0) is 7.44. The molecule has 0 fully saturated rings. The summed E-state index contributed by atoms with van der Waals surface area (Å²) in [5.74, 6) is 0.350. The topological polar surface area (TPSA) is 26.1 Å². The molecular formula is C6H13NOS. The molecule has 0 unspecified atom stereocenters. The number of hydrogen-bond donors (Lipinski definition) is 0. The van der Waals surface area contributed by atoms with Gasteiger partial charge in [-0.15, -0.1) is 0 Å². The number of hydroxylamine groups is 1. The van der Waals surface area contributed by atoms with Crippen LogP contribution in [0.1, 0.15) is 13.8 Å². The van der Waals surface area contributed by atoms with Crippen molar-refractivity contribution in [1.29, 1.82) is 0 Å². The molecule has 0 aromatic rings. The summed E-state index contributed by atoms with van der Waals surface area (Å²) in [6.45, 7) is 4.03. The van der Waals surface area contributed by atoms with Crippen LogP contribution in [0.15, 0.2) is 0 Å². The van der Waals surface area contributed by atoms with Gasteiger partial charge in [-0.1, -0.05) is 25.6 Å². The Morgan fingerprint density at radius 2 is 2.00 bits per heavy atom. The quantitative estimate of drug-likeness (QED) is 0.185. The van der Waals surface area contributed by atoms with Gasteiger partial charge in [-0.25, -0.2) is 4.74 Å². The summed E-state index contributed by atoms with van der Waals surface area (Å²) >= 11 is 1.52. The van der Waals surface area contributed by atoms with Gasteiger partial charge >= 0.3 is 0 Å². The molecule has 9 heavy (non-hydrogen) atoms. The molecule has 0 saturated heterocycles. The van der Waals surface area contributed by atoms with Gasteiger partial charge in [0.15, 0.2) is 0 Å². The summed E-state index contributed by atoms with van der Waals surface area (Å²) in [4.78, 5) is 0. The number of nitrogens with zero attached hydrogens (tertiary/aromatic N) is 1. The zero-order valence-electron chi connectivity index (χ0n) is 6.34. The first-order chi connectivity index (χ1) is 4.09. The van der Waals surface area contributed by atoms with E-state index in [1.807, 2.05) is 20.1 Å². The highest BCUT2D eigenvalue weighted by atomic mass is 32.2. The molecule has 0 bridgehead atoms. The predicted molar refractivity (Wildman–Crippen MR) is 42.9 cm³/mol. The fourth-order valence-electron chi connectivity index (χ4n) is 0.728. The first-order valence-corrected chi connectivity index (χ1v) is 4.13. The van der Waals surface area contributed by atoms with E-state index in [4.69, 9.17) is 0 Å². The van der Waals surface area contributed by atoms with Gasteiger partial charge < -0.3 is 5.21 Å². The Hall–Kier alpha value is -0.180. The van der Waals surface area contributed by atoms with Gasteiger partial charge in [0.1, 0.15) is 7.05 Å². The minimum atomic E-state index is 0.350. The molecule has 0 radical (unpaired) electrons. The highest BCUT2D eigenvalue weighted by Gasteiger charge is 2.09. The van der Waals surface area contributed by atoms with Gasteiger partial charge in [-0.2, -0.15) is 0 Å². The molecule has 0 amide bonds. The number of hydrogen-bond acceptors (Lipinski definition) is 2. The highest BCUT2D eigenvalue weighted by Crippen LogP contribution is 2.07. The molecule has 0 aliphatic carbocycles. The zero-order valence-corrected chi connectivity index (χ0v) is 7.16. The van der Waals surface area contributed by atoms with Crippen LogP contribution in [0.3, 0.4) is 0 Å². The van der Waals surface area contributed by atoms with Gasteiger partial charge in [0, 0.05) is 5.92 Å². The van der Waals surface area contributed by atoms with E-state index in [0.29, 0.717) is 5.92 Å². The lowest BCUT2D eigenvalue weighted by molar-refractivity contribution is -0.422. The maximum Gasteiger partial charge on any atom is 0.223 e. The smallest absolute Gasteiger partial charge is 0.223 e. The first-order valence-electron chi connectivity index (χ1n) is 2.91. The summed E-state index contributed by atoms with van der Waals surface area (Å²) in [6, 6.07) is 0. The van der Waals surface area contributed by atoms with E-state index >= 15 is 0 Å². The molecule has 54 valence electrons. The summed E-state index contributed by atoms with van der Waals surface area (Å²) in [5, 5.41) is 11.6. The Morgan fingerprint density at radius 1 is 1.56 bits per heavy atom. The van der Waals surface area contributed by atoms with Crippen LogP contribution in [0.2, 0.25) is 0 Å². The van der Waals surface area contributed by atoms with Gasteiger partial charge in [0.2, 0.25) is 5.04 Å². The van der Waals surface area contributed by atoms with Crippen LogP contribution in [0.25, 0.3) is 0 Å². The average molecular weight is 147 g/mol. The minimum Gasteiger partial charge on any atom is -0.623 e. The third-order valence-corrected chi connectivity index (χ3v) is 2.16. The molecule has 0 rings (SSSR count). The Bertz CT molecular complexity index is 116. The molecule has 0 atom stereocenters. The number of thioether (sulfide) groups is 1. The lowest BCUT2D eigenvalue weighted by Gasteiger charge is -2.06. The maximum absolute atomic E-state index is 10.7. The van der Waals surface area contributed by atoms with E-state index in [-0.39, 0.29) is 0 Å². The fraction of sp³-hybridized carbons (Fsp3) is 0.833. The van der Waals surface area contributed by atoms with Crippen molar-refractivity contribution < 1.29 is 4.74 Å². The van der Waals surface area contributed by atoms with E-state index in [0.717, 1.165) is 9.78 Å². The molecule has 3 heteroatoms. The monoisotopic (exact) mass is 147 g/mol. The van der Waals surface area contributed by atoms with Crippen molar-refractivity contribution in [2.75, 3.05) is 13.3 Å². The molecule has 0 aromatic carbocycles. The van der Waals surface area contributed by atoms with Crippen LogP contribution in [0, 0.1) is 11.1 Å². The molecular weight excluding hydrogens is 134 g/mol. The van der Waals surface area contributed by atoms with Crippen LogP contribution in [0.5, 0.6) is 0 Å². The molecule has 0 aromatic heterocycles. The SMILES string of the molecule is CS/C(C(C)C)=[N+](\C)[O-]. The van der Waals surface area contributed by atoms with E-state index in [2.05, 4.69) is 0 Å². The third kappa shape index (κ3) is 2.75. The third-order valence-electron chi connectivity index (χ3n) is 1.01. The van der Waals surface area contributed by atoms with Crippen molar-refractivity contribution in [2.45, 2.75) is 13.8 Å². The second-order valence-electron chi connectivity index (χ2n) is 2.19. The highest BCUT2D eigenvalue weighted by molar-refractivity contribution is 8.13. The molecule has 0 N–H and O–H groups in total. The van der Waals surface area contributed by atoms with E-state index < -0.39 is 0 Å². The molecule has 0 saturated carbocycles. The van der Waals surface area contributed by atoms with Crippen LogP contribution < -0.4 is 0 Å². The Labute approximate surface area is 60.5 Å². The molecule has 0 aliphatic rings. The van der Waals surface area contributed by atoms with Crippen LogP contribution >= 0.6 is 11.8 Å². The van der Waals surface area contributed by atoms with E-state index in [9.17, 15) is 5.21 Å². The van der Waals surface area contributed by atoms with E-state index in [1.54, 1.807) is 0 Å². The lowest BCUT2D eigenvalue weighted by Crippen LogP contribution is -2.13. The standard InChI is InChI=1S/C6H13NOS/c1-5(2)6(9-4)7(3)8/h5H,1-4H3/b7-6+. The molecule has 0 spiro atoms. The lowest BCUT2D eigenvalue weighted by atomic mass is 10.2. The van der Waals surface area contributed by atoms with Crippen LogP contribution in [0.4, 0.5) is 0 Å². The fourth-order valence-corrected chi connectivity index (χ4v) is 1.46. The summed E-state index contributed by atoms with van der Waals surface area (Å²) < 4.78 is 0.926. The normalized spacial score (nSPS) is 13.9. The summed E-state index contributed by atoms with van der Waals surface area (Å²) in [7, 11) is 1.53. The Morgan fingerprint density at radius 3 is 2.00 bits per heavy atom. The van der Waals surface area contributed by atoms with Crippen molar-refractivity contribution in [2.24, 2.45) is 5.92 Å². The summed E-state index contributed by atoms with van der Waals surface area (Å²) in [6.07, 6.45) is 1.92. The maximum atomic E-state index is 10.7. The minimum absolute atomic E-state index is 0.350. The molecule has 2 nitrogen and oxygen atoms in total. The average Bonchev–Trinajstić information content (AvgIpc) is 1.64. The van der Waals surface area contributed by atoms with Crippen molar-refractivity contribution in [3.8, 4) is 0 Å². The number of rotatable bonds is 1. The molecule has 0 heterocycles. The predicted octanol–water partition coefficient (Wildman–Crippen LogP) is 1.54. The van der Waals surface area contributed by atoms with Crippen molar-refractivity contribution in [3.63, 3.8) is 0 Å². The van der Waals surface area contributed by atoms with E-state index in [1.165, 1.54) is 18.8 Å². The van der Waals surface area contributed by atoms with Crippen molar-refractivity contribution >= 4 is 16.8 Å².